The summed E-state index contributed by atoms with van der Waals surface area (Å²) in [4.78, 5) is 40.1. The molecule has 0 unspecified atom stereocenters. The van der Waals surface area contributed by atoms with Gasteiger partial charge in [0, 0.05) is 22.1 Å². The number of hydrogen-bond acceptors (Lipinski definition) is 7. The summed E-state index contributed by atoms with van der Waals surface area (Å²) in [5.41, 5.74) is 0.521. The van der Waals surface area contributed by atoms with Crippen LogP contribution in [0.25, 0.3) is 16.3 Å². The van der Waals surface area contributed by atoms with Gasteiger partial charge >= 0.3 is 5.97 Å². The van der Waals surface area contributed by atoms with Gasteiger partial charge < -0.3 is 18.9 Å². The lowest BCUT2D eigenvalue weighted by atomic mass is 9.84. The quantitative estimate of drug-likeness (QED) is 0.242. The van der Waals surface area contributed by atoms with E-state index in [0.717, 1.165) is 12.1 Å². The van der Waals surface area contributed by atoms with Gasteiger partial charge in [0.15, 0.2) is 17.3 Å². The zero-order chi connectivity index (χ0) is 27.0. The summed E-state index contributed by atoms with van der Waals surface area (Å²) in [5, 5.41) is 0.900. The molecule has 1 aliphatic rings. The maximum atomic E-state index is 13.8. The monoisotopic (exact) mass is 512 g/mol. The van der Waals surface area contributed by atoms with E-state index in [-0.39, 0.29) is 39.3 Å². The van der Waals surface area contributed by atoms with Crippen LogP contribution in [0.2, 0.25) is 0 Å². The molecule has 0 amide bonds. The average molecular weight is 512 g/mol. The number of carbonyl (C=O) groups is 3. The molecule has 0 saturated carbocycles. The molecule has 0 fully saturated rings. The fraction of sp³-hybridized carbons (Fsp3) is 0.100. The standard InChI is InChI=1S/C30H21FO7/c1-35-23-8-4-6-18-22(32)14-20(28(33)26(18)23)21-15-25(37-3)19-7-5-9-24(36-2)27(19)29(21)38-30(34)16-10-12-17(31)13-11-16/h4-15H,1-3H3. The highest BCUT2D eigenvalue weighted by molar-refractivity contribution is 6.40. The first kappa shape index (κ1) is 24.7. The minimum Gasteiger partial charge on any atom is -0.496 e. The molecule has 38 heavy (non-hydrogen) atoms. The summed E-state index contributed by atoms with van der Waals surface area (Å²) >= 11 is 0. The summed E-state index contributed by atoms with van der Waals surface area (Å²) in [6.45, 7) is 0. The van der Waals surface area contributed by atoms with Crippen LogP contribution in [0.15, 0.2) is 72.8 Å². The number of halogens is 1. The second kappa shape index (κ2) is 9.82. The van der Waals surface area contributed by atoms with Gasteiger partial charge in [-0.05, 0) is 48.5 Å². The van der Waals surface area contributed by atoms with Crippen molar-refractivity contribution in [3.05, 3.63) is 101 Å². The van der Waals surface area contributed by atoms with E-state index >= 15 is 0 Å². The first-order chi connectivity index (χ1) is 18.4. The molecule has 0 radical (unpaired) electrons. The number of methoxy groups -OCH3 is 3. The zero-order valence-corrected chi connectivity index (χ0v) is 20.7. The highest BCUT2D eigenvalue weighted by Crippen LogP contribution is 2.46. The molecule has 0 heterocycles. The minimum absolute atomic E-state index is 0.0139. The first-order valence-corrected chi connectivity index (χ1v) is 11.5. The van der Waals surface area contributed by atoms with Crippen LogP contribution in [0, 0.1) is 5.82 Å². The van der Waals surface area contributed by atoms with Crippen molar-refractivity contribution in [3.8, 4) is 23.0 Å². The van der Waals surface area contributed by atoms with E-state index < -0.39 is 23.4 Å². The summed E-state index contributed by atoms with van der Waals surface area (Å²) in [5.74, 6) is -1.28. The number of benzene rings is 4. The Kier molecular flexibility index (Phi) is 6.38. The predicted molar refractivity (Wildman–Crippen MR) is 138 cm³/mol. The molecule has 1 aliphatic carbocycles. The van der Waals surface area contributed by atoms with Gasteiger partial charge in [-0.2, -0.15) is 0 Å². The van der Waals surface area contributed by atoms with Crippen LogP contribution < -0.4 is 18.9 Å². The lowest BCUT2D eigenvalue weighted by Crippen LogP contribution is -2.19. The summed E-state index contributed by atoms with van der Waals surface area (Å²) in [6, 6.07) is 16.3. The zero-order valence-electron chi connectivity index (χ0n) is 20.7. The van der Waals surface area contributed by atoms with Gasteiger partial charge in [-0.1, -0.05) is 24.3 Å². The molecule has 0 atom stereocenters. The number of rotatable bonds is 6. The van der Waals surface area contributed by atoms with Crippen LogP contribution in [0.3, 0.4) is 0 Å². The van der Waals surface area contributed by atoms with Crippen molar-refractivity contribution in [2.24, 2.45) is 0 Å². The number of hydrogen-bond donors (Lipinski definition) is 0. The number of fused-ring (bicyclic) bond motifs is 2. The molecule has 8 heteroatoms. The van der Waals surface area contributed by atoms with Gasteiger partial charge in [0.1, 0.15) is 23.1 Å². The molecular formula is C30H21FO7. The smallest absolute Gasteiger partial charge is 0.343 e. The third kappa shape index (κ3) is 4.06. The Hall–Kier alpha value is -4.98. The summed E-state index contributed by atoms with van der Waals surface area (Å²) in [6.07, 6.45) is 1.20. The number of carbonyl (C=O) groups excluding carboxylic acids is 3. The largest absolute Gasteiger partial charge is 0.496 e. The van der Waals surface area contributed by atoms with Gasteiger partial charge in [-0.15, -0.1) is 0 Å². The van der Waals surface area contributed by atoms with Gasteiger partial charge in [0.25, 0.3) is 0 Å². The highest BCUT2D eigenvalue weighted by atomic mass is 19.1. The Morgan fingerprint density at radius 1 is 0.763 bits per heavy atom. The Labute approximate surface area is 217 Å². The SMILES string of the molecule is COc1cccc2c1C(=O)C(c1cc(OC)c3cccc(OC)c3c1OC(=O)c1ccc(F)cc1)=CC2=O. The Morgan fingerprint density at radius 2 is 1.42 bits per heavy atom. The van der Waals surface area contributed by atoms with Crippen molar-refractivity contribution in [1.82, 2.24) is 0 Å². The molecule has 0 aliphatic heterocycles. The molecule has 5 rings (SSSR count). The number of ketones is 2. The van der Waals surface area contributed by atoms with Crippen molar-refractivity contribution in [2.75, 3.05) is 21.3 Å². The van der Waals surface area contributed by atoms with Crippen LogP contribution in [-0.2, 0) is 0 Å². The fourth-order valence-electron chi connectivity index (χ4n) is 4.51. The third-order valence-corrected chi connectivity index (χ3v) is 6.30. The van der Waals surface area contributed by atoms with Crippen LogP contribution in [0.1, 0.15) is 36.6 Å². The van der Waals surface area contributed by atoms with Crippen molar-refractivity contribution in [2.45, 2.75) is 0 Å². The van der Waals surface area contributed by atoms with Crippen LogP contribution in [0.5, 0.6) is 23.0 Å². The number of esters is 1. The molecule has 0 bridgehead atoms. The summed E-state index contributed by atoms with van der Waals surface area (Å²) in [7, 11) is 4.32. The Morgan fingerprint density at radius 3 is 2.11 bits per heavy atom. The molecule has 0 saturated heterocycles. The normalized spacial score (nSPS) is 12.6. The van der Waals surface area contributed by atoms with Crippen molar-refractivity contribution >= 4 is 33.9 Å². The highest BCUT2D eigenvalue weighted by Gasteiger charge is 2.33. The van der Waals surface area contributed by atoms with E-state index in [9.17, 15) is 18.8 Å². The van der Waals surface area contributed by atoms with E-state index in [4.69, 9.17) is 18.9 Å². The van der Waals surface area contributed by atoms with E-state index in [2.05, 4.69) is 0 Å². The predicted octanol–water partition coefficient (Wildman–Crippen LogP) is 5.69. The lowest BCUT2D eigenvalue weighted by Gasteiger charge is -2.22. The maximum absolute atomic E-state index is 13.8. The van der Waals surface area contributed by atoms with Crippen molar-refractivity contribution in [3.63, 3.8) is 0 Å². The van der Waals surface area contributed by atoms with Crippen LogP contribution in [0.4, 0.5) is 4.39 Å². The summed E-state index contributed by atoms with van der Waals surface area (Å²) < 4.78 is 35.9. The van der Waals surface area contributed by atoms with Crippen LogP contribution >= 0.6 is 0 Å². The molecule has 7 nitrogen and oxygen atoms in total. The van der Waals surface area contributed by atoms with Crippen molar-refractivity contribution in [1.29, 1.82) is 0 Å². The molecule has 0 spiro atoms. The van der Waals surface area contributed by atoms with E-state index in [1.54, 1.807) is 36.4 Å². The van der Waals surface area contributed by atoms with Gasteiger partial charge in [-0.3, -0.25) is 9.59 Å². The van der Waals surface area contributed by atoms with Gasteiger partial charge in [0.2, 0.25) is 0 Å². The lowest BCUT2D eigenvalue weighted by molar-refractivity contribution is 0.0735. The minimum atomic E-state index is -0.795. The van der Waals surface area contributed by atoms with Gasteiger partial charge in [0.05, 0.1) is 37.8 Å². The van der Waals surface area contributed by atoms with Gasteiger partial charge in [-0.25, -0.2) is 9.18 Å². The fourth-order valence-corrected chi connectivity index (χ4v) is 4.51. The maximum Gasteiger partial charge on any atom is 0.343 e. The number of Topliss-reactive ketones (excluding diaryl/α,β-unsaturated/α-hetero) is 1. The second-order valence-corrected chi connectivity index (χ2v) is 8.37. The molecule has 0 N–H and O–H groups in total. The average Bonchev–Trinajstić information content (AvgIpc) is 2.94. The van der Waals surface area contributed by atoms with E-state index in [1.165, 1.54) is 45.6 Å². The number of allylic oxidation sites excluding steroid dienone is 2. The van der Waals surface area contributed by atoms with E-state index in [0.29, 0.717) is 22.3 Å². The molecule has 4 aromatic rings. The third-order valence-electron chi connectivity index (χ3n) is 6.30. The van der Waals surface area contributed by atoms with Crippen LogP contribution in [-0.4, -0.2) is 38.9 Å². The Balaban J connectivity index is 1.78. The Bertz CT molecular complexity index is 1650. The van der Waals surface area contributed by atoms with Crippen molar-refractivity contribution < 1.29 is 37.7 Å². The molecule has 0 aromatic heterocycles. The molecule has 190 valence electrons. The molecule has 4 aromatic carbocycles. The van der Waals surface area contributed by atoms with E-state index in [1.807, 2.05) is 0 Å². The first-order valence-electron chi connectivity index (χ1n) is 11.5. The second-order valence-electron chi connectivity index (χ2n) is 8.37. The topological polar surface area (TPSA) is 88.1 Å². The molecular weight excluding hydrogens is 491 g/mol. The number of ether oxygens (including phenoxy) is 4.